The molecule has 3 nitrogen and oxygen atoms in total. The van der Waals surface area contributed by atoms with E-state index in [9.17, 15) is 74.6 Å². The van der Waals surface area contributed by atoms with Crippen molar-refractivity contribution in [1.82, 2.24) is 0 Å². The van der Waals surface area contributed by atoms with Gasteiger partial charge >= 0.3 is 47.7 Å². The highest BCUT2D eigenvalue weighted by Gasteiger charge is 2.93. The third kappa shape index (κ3) is 4.89. The Bertz CT molecular complexity index is 991. The van der Waals surface area contributed by atoms with Gasteiger partial charge in [-0.3, -0.25) is 0 Å². The molecule has 0 N–H and O–H groups in total. The van der Waals surface area contributed by atoms with E-state index < -0.39 is 59.3 Å². The van der Waals surface area contributed by atoms with E-state index in [1.165, 1.54) is 0 Å². The molecule has 0 spiro atoms. The molecule has 0 aromatic heterocycles. The predicted octanol–water partition coefficient (Wildman–Crippen LogP) is 7.56. The van der Waals surface area contributed by atoms with Crippen LogP contribution in [-0.2, 0) is 0 Å². The summed E-state index contributed by atoms with van der Waals surface area (Å²) in [5, 5.41) is 0. The fourth-order valence-corrected chi connectivity index (χ4v) is 2.22. The molecule has 0 unspecified atom stereocenters. The van der Waals surface area contributed by atoms with Crippen LogP contribution in [0.25, 0.3) is 0 Å². The van der Waals surface area contributed by atoms with Crippen LogP contribution in [0.1, 0.15) is 0 Å². The number of methoxy groups -OCH3 is 2. The van der Waals surface area contributed by atoms with Crippen LogP contribution in [0, 0.1) is 0 Å². The van der Waals surface area contributed by atoms with Gasteiger partial charge in [-0.15, -0.1) is 0 Å². The van der Waals surface area contributed by atoms with E-state index in [1.54, 1.807) is 0 Å². The molecule has 0 heterocycles. The van der Waals surface area contributed by atoms with Crippen molar-refractivity contribution < 1.29 is 88.8 Å². The zero-order chi connectivity index (χ0) is 29.6. The Hall–Kier alpha value is -2.83. The lowest BCUT2D eigenvalue weighted by molar-refractivity contribution is -0.451. The highest BCUT2D eigenvalue weighted by atomic mass is 19.4. The van der Waals surface area contributed by atoms with Gasteiger partial charge in [0.2, 0.25) is 5.83 Å². The van der Waals surface area contributed by atoms with E-state index in [0.29, 0.717) is 12.1 Å². The topological polar surface area (TPSA) is 27.7 Å². The first-order valence-corrected chi connectivity index (χ1v) is 8.58. The Balaban J connectivity index is 3.62. The van der Waals surface area contributed by atoms with E-state index in [0.717, 1.165) is 20.3 Å². The molecule has 0 fully saturated rings. The number of benzene rings is 1. The molecule has 0 saturated carbocycles. The molecule has 0 radical (unpaired) electrons. The molecule has 0 amide bonds. The number of hydrogen-bond acceptors (Lipinski definition) is 3. The fraction of sp³-hybridized carbons (Fsp3) is 0.529. The molecule has 214 valence electrons. The fourth-order valence-electron chi connectivity index (χ4n) is 2.22. The highest BCUT2D eigenvalue weighted by molar-refractivity contribution is 5.42. The first-order valence-electron chi connectivity index (χ1n) is 8.58. The zero-order valence-corrected chi connectivity index (χ0v) is 17.4. The highest BCUT2D eigenvalue weighted by Crippen LogP contribution is 2.63. The van der Waals surface area contributed by atoms with Gasteiger partial charge in [0.1, 0.15) is 17.2 Å². The number of ether oxygens (including phenoxy) is 3. The summed E-state index contributed by atoms with van der Waals surface area (Å²) in [5.41, 5.74) is 0. The Labute approximate surface area is 193 Å². The molecule has 1 aromatic rings. The molecule has 0 atom stereocenters. The monoisotopic (exact) mass is 584 g/mol. The lowest BCUT2D eigenvalue weighted by atomic mass is 9.91. The van der Waals surface area contributed by atoms with Crippen LogP contribution in [0.5, 0.6) is 17.2 Å². The number of hydrogen-bond donors (Lipinski definition) is 0. The van der Waals surface area contributed by atoms with Crippen molar-refractivity contribution >= 4 is 0 Å². The van der Waals surface area contributed by atoms with Gasteiger partial charge in [0.25, 0.3) is 0 Å². The smallest absolute Gasteiger partial charge is 0.460 e. The van der Waals surface area contributed by atoms with Gasteiger partial charge in [0, 0.05) is 18.2 Å². The molecule has 1 aromatic carbocycles. The van der Waals surface area contributed by atoms with Gasteiger partial charge in [-0.1, -0.05) is 0 Å². The van der Waals surface area contributed by atoms with Crippen molar-refractivity contribution in [3.63, 3.8) is 0 Å². The maximum absolute atomic E-state index is 13.8. The normalized spacial score (nSPS) is 15.3. The third-order valence-corrected chi connectivity index (χ3v) is 4.31. The average molecular weight is 584 g/mol. The number of allylic oxidation sites excluding steroid dienone is 1. The van der Waals surface area contributed by atoms with Crippen molar-refractivity contribution in [2.24, 2.45) is 0 Å². The van der Waals surface area contributed by atoms with Crippen LogP contribution in [0.2, 0.25) is 0 Å². The minimum absolute atomic E-state index is 0.376. The largest absolute Gasteiger partial charge is 0.496 e. The Kier molecular flexibility index (Phi) is 8.25. The first kappa shape index (κ1) is 32.2. The van der Waals surface area contributed by atoms with Crippen LogP contribution in [0.15, 0.2) is 30.0 Å². The average Bonchev–Trinajstić information content (AvgIpc) is 2.76. The van der Waals surface area contributed by atoms with Crippen molar-refractivity contribution in [3.8, 4) is 17.2 Å². The van der Waals surface area contributed by atoms with Crippen LogP contribution >= 0.6 is 0 Å². The van der Waals surface area contributed by atoms with Crippen LogP contribution in [-0.4, -0.2) is 55.9 Å². The molecule has 0 bridgehead atoms. The summed E-state index contributed by atoms with van der Waals surface area (Å²) < 4.78 is 237. The van der Waals surface area contributed by atoms with Crippen molar-refractivity contribution in [3.05, 3.63) is 30.0 Å². The van der Waals surface area contributed by atoms with Gasteiger partial charge in [0.05, 0.1) is 14.2 Å². The quantitative estimate of drug-likeness (QED) is 0.210. The molecule has 0 aliphatic heterocycles. The molecule has 37 heavy (non-hydrogen) atoms. The van der Waals surface area contributed by atoms with Gasteiger partial charge in [-0.2, -0.15) is 74.6 Å². The van der Waals surface area contributed by atoms with E-state index in [2.05, 4.69) is 14.2 Å². The Morgan fingerprint density at radius 1 is 0.514 bits per heavy atom. The summed E-state index contributed by atoms with van der Waals surface area (Å²) in [6, 6.07) is -1.58. The summed E-state index contributed by atoms with van der Waals surface area (Å²) in [5.74, 6) is -56.2. The number of halogens is 17. The SMILES string of the molecule is COc1cc(OC)cc(OC(F)=C(F)C(F)(F)C(F)(F)C(F)(F)C(F)(F)C(F)(F)C(F)(F)C(F)(F)F)c1. The van der Waals surface area contributed by atoms with E-state index in [1.807, 2.05) is 0 Å². The maximum Gasteiger partial charge on any atom is 0.460 e. The molecule has 0 saturated heterocycles. The van der Waals surface area contributed by atoms with Gasteiger partial charge in [0.15, 0.2) is 0 Å². The van der Waals surface area contributed by atoms with Gasteiger partial charge < -0.3 is 14.2 Å². The van der Waals surface area contributed by atoms with Gasteiger partial charge in [-0.05, 0) is 0 Å². The molecular weight excluding hydrogens is 575 g/mol. The lowest BCUT2D eigenvalue weighted by Crippen LogP contribution is -2.72. The zero-order valence-electron chi connectivity index (χ0n) is 17.4. The minimum Gasteiger partial charge on any atom is -0.496 e. The second-order valence-electron chi connectivity index (χ2n) is 6.68. The number of rotatable bonds is 10. The molecule has 0 aliphatic carbocycles. The molecule has 0 aliphatic rings. The summed E-state index contributed by atoms with van der Waals surface area (Å²) in [6.07, 6.45) is -7.79. The summed E-state index contributed by atoms with van der Waals surface area (Å²) in [6.45, 7) is 0. The lowest BCUT2D eigenvalue weighted by Gasteiger charge is -2.41. The minimum atomic E-state index is -8.65. The van der Waals surface area contributed by atoms with Crippen LogP contribution < -0.4 is 14.2 Å². The summed E-state index contributed by atoms with van der Waals surface area (Å²) in [7, 11) is 1.86. The van der Waals surface area contributed by atoms with Crippen LogP contribution in [0.3, 0.4) is 0 Å². The van der Waals surface area contributed by atoms with E-state index in [4.69, 9.17) is 0 Å². The van der Waals surface area contributed by atoms with Crippen molar-refractivity contribution in [1.29, 1.82) is 0 Å². The van der Waals surface area contributed by atoms with E-state index >= 15 is 0 Å². The van der Waals surface area contributed by atoms with Crippen molar-refractivity contribution in [2.45, 2.75) is 41.7 Å². The molecular formula is C17H9F17O3. The van der Waals surface area contributed by atoms with Gasteiger partial charge in [-0.25, -0.2) is 0 Å². The first-order chi connectivity index (χ1) is 16.3. The number of alkyl halides is 15. The van der Waals surface area contributed by atoms with Crippen molar-refractivity contribution in [2.75, 3.05) is 14.2 Å². The molecule has 20 heteroatoms. The Morgan fingerprint density at radius 2 is 0.838 bits per heavy atom. The second-order valence-corrected chi connectivity index (χ2v) is 6.68. The molecule has 1 rings (SSSR count). The third-order valence-electron chi connectivity index (χ3n) is 4.31. The second kappa shape index (κ2) is 9.48. The standard InChI is InChI=1S/C17H9F17O3/c1-35-6-3-7(36-2)5-8(4-6)37-10(19)9(18)11(20,21)12(22,23)13(24,25)14(26,27)15(28,29)16(30,31)17(32,33)34/h3-5H,1-2H3. The Morgan fingerprint density at radius 3 is 1.19 bits per heavy atom. The van der Waals surface area contributed by atoms with Crippen LogP contribution in [0.4, 0.5) is 74.6 Å². The summed E-state index contributed by atoms with van der Waals surface area (Å²) >= 11 is 0. The van der Waals surface area contributed by atoms with E-state index in [-0.39, 0.29) is 11.5 Å². The predicted molar refractivity (Wildman–Crippen MR) is 85.2 cm³/mol. The summed E-state index contributed by atoms with van der Waals surface area (Å²) in [4.78, 5) is 0. The maximum atomic E-state index is 13.8.